The van der Waals surface area contributed by atoms with Gasteiger partial charge in [-0.2, -0.15) is 0 Å². The Balaban J connectivity index is 1.66. The molecule has 1 aliphatic rings. The van der Waals surface area contributed by atoms with Gasteiger partial charge in [-0.15, -0.1) is 0 Å². The van der Waals surface area contributed by atoms with Crippen LogP contribution in [-0.4, -0.2) is 53.5 Å². The second-order valence-corrected chi connectivity index (χ2v) is 8.50. The molecule has 8 nitrogen and oxygen atoms in total. The van der Waals surface area contributed by atoms with Gasteiger partial charge in [0, 0.05) is 12.3 Å². The highest BCUT2D eigenvalue weighted by atomic mass is 16.5. The third-order valence-electron chi connectivity index (χ3n) is 5.93. The number of fused-ring (bicyclic) bond motifs is 3. The van der Waals surface area contributed by atoms with E-state index < -0.39 is 30.1 Å². The maximum Gasteiger partial charge on any atom is 0.407 e. The number of hydrogen-bond acceptors (Lipinski definition) is 5. The first-order valence-electron chi connectivity index (χ1n) is 11.1. The summed E-state index contributed by atoms with van der Waals surface area (Å²) in [5.41, 5.74) is 4.33. The summed E-state index contributed by atoms with van der Waals surface area (Å²) in [7, 11) is 0. The number of carbonyl (C=O) groups excluding carboxylic acids is 2. The number of nitrogens with one attached hydrogen (secondary N) is 2. The van der Waals surface area contributed by atoms with E-state index in [-0.39, 0.29) is 37.9 Å². The Bertz CT molecular complexity index is 960. The van der Waals surface area contributed by atoms with Crippen LogP contribution in [0, 0.1) is 5.92 Å². The molecule has 0 saturated carbocycles. The number of alkyl carbamates (subject to hydrolysis) is 1. The predicted molar refractivity (Wildman–Crippen MR) is 123 cm³/mol. The summed E-state index contributed by atoms with van der Waals surface area (Å²) < 4.78 is 5.48. The summed E-state index contributed by atoms with van der Waals surface area (Å²) in [6, 6.07) is 14.3. The minimum absolute atomic E-state index is 0.0338. The van der Waals surface area contributed by atoms with Gasteiger partial charge in [0.1, 0.15) is 12.6 Å². The average Bonchev–Trinajstić information content (AvgIpc) is 3.12. The standard InChI is InChI=1S/C25H30N2O6/c1-15(2)22(13-28)26-24(31)21(11-12-23(29)30)27-25(32)33-14-20-18-9-5-3-7-16(18)17-8-4-6-10-19(17)20/h3-10,15,20-22,28H,11-14H2,1-2H3,(H,26,31)(H,27,32)(H,29,30). The fourth-order valence-electron chi connectivity index (χ4n) is 4.03. The molecule has 0 saturated heterocycles. The molecule has 33 heavy (non-hydrogen) atoms. The van der Waals surface area contributed by atoms with Crippen molar-refractivity contribution in [3.05, 3.63) is 59.7 Å². The number of carboxylic acid groups (broad SMARTS) is 1. The molecule has 0 aliphatic heterocycles. The topological polar surface area (TPSA) is 125 Å². The van der Waals surface area contributed by atoms with E-state index in [4.69, 9.17) is 9.84 Å². The molecule has 4 N–H and O–H groups in total. The Morgan fingerprint density at radius 1 is 0.970 bits per heavy atom. The molecule has 0 radical (unpaired) electrons. The lowest BCUT2D eigenvalue weighted by Crippen LogP contribution is -2.52. The molecule has 2 unspecified atom stereocenters. The van der Waals surface area contributed by atoms with Crippen LogP contribution in [-0.2, 0) is 14.3 Å². The largest absolute Gasteiger partial charge is 0.481 e. The number of hydrogen-bond donors (Lipinski definition) is 4. The molecule has 0 bridgehead atoms. The van der Waals surface area contributed by atoms with Crippen LogP contribution in [0.2, 0.25) is 0 Å². The van der Waals surface area contributed by atoms with E-state index in [9.17, 15) is 19.5 Å². The Morgan fingerprint density at radius 2 is 1.55 bits per heavy atom. The molecule has 3 rings (SSSR count). The molecule has 2 atom stereocenters. The van der Waals surface area contributed by atoms with Gasteiger partial charge in [-0.05, 0) is 34.6 Å². The molecular weight excluding hydrogens is 424 g/mol. The van der Waals surface area contributed by atoms with Crippen molar-refractivity contribution in [2.45, 2.75) is 44.7 Å². The van der Waals surface area contributed by atoms with Crippen LogP contribution in [0.25, 0.3) is 11.1 Å². The minimum atomic E-state index is -1.09. The number of rotatable bonds is 10. The van der Waals surface area contributed by atoms with Gasteiger partial charge in [-0.3, -0.25) is 9.59 Å². The van der Waals surface area contributed by atoms with E-state index in [0.29, 0.717) is 0 Å². The second-order valence-electron chi connectivity index (χ2n) is 8.50. The maximum absolute atomic E-state index is 12.7. The highest BCUT2D eigenvalue weighted by molar-refractivity contribution is 5.86. The fraction of sp³-hybridized carbons (Fsp3) is 0.400. The molecule has 176 valence electrons. The highest BCUT2D eigenvalue weighted by Gasteiger charge is 2.30. The first-order valence-corrected chi connectivity index (χ1v) is 11.1. The number of aliphatic hydroxyl groups is 1. The van der Waals surface area contributed by atoms with Crippen LogP contribution >= 0.6 is 0 Å². The number of carboxylic acids is 1. The van der Waals surface area contributed by atoms with E-state index in [0.717, 1.165) is 22.3 Å². The van der Waals surface area contributed by atoms with E-state index in [1.165, 1.54) is 0 Å². The lowest BCUT2D eigenvalue weighted by molar-refractivity contribution is -0.137. The van der Waals surface area contributed by atoms with E-state index in [1.807, 2.05) is 62.4 Å². The summed E-state index contributed by atoms with van der Waals surface area (Å²) in [5.74, 6) is -1.80. The number of aliphatic carboxylic acids is 1. The summed E-state index contributed by atoms with van der Waals surface area (Å²) in [4.78, 5) is 36.2. The minimum Gasteiger partial charge on any atom is -0.481 e. The summed E-state index contributed by atoms with van der Waals surface area (Å²) in [6.45, 7) is 3.50. The maximum atomic E-state index is 12.7. The predicted octanol–water partition coefficient (Wildman–Crippen LogP) is 2.89. The molecule has 0 spiro atoms. The number of amides is 2. The van der Waals surface area contributed by atoms with Crippen molar-refractivity contribution in [1.29, 1.82) is 0 Å². The van der Waals surface area contributed by atoms with Crippen LogP contribution in [0.15, 0.2) is 48.5 Å². The SMILES string of the molecule is CC(C)C(CO)NC(=O)C(CCC(=O)O)NC(=O)OCC1c2ccccc2-c2ccccc21. The molecule has 2 aromatic carbocycles. The van der Waals surface area contributed by atoms with Crippen molar-refractivity contribution >= 4 is 18.0 Å². The molecule has 8 heteroatoms. The normalized spacial score (nSPS) is 14.2. The van der Waals surface area contributed by atoms with Gasteiger partial charge in [0.15, 0.2) is 0 Å². The Labute approximate surface area is 193 Å². The molecule has 2 aromatic rings. The quantitative estimate of drug-likeness (QED) is 0.438. The van der Waals surface area contributed by atoms with Gasteiger partial charge in [-0.25, -0.2) is 4.79 Å². The first kappa shape index (κ1) is 24.3. The second kappa shape index (κ2) is 11.0. The van der Waals surface area contributed by atoms with Crippen molar-refractivity contribution in [1.82, 2.24) is 10.6 Å². The van der Waals surface area contributed by atoms with E-state index >= 15 is 0 Å². The smallest absolute Gasteiger partial charge is 0.407 e. The van der Waals surface area contributed by atoms with Crippen molar-refractivity contribution in [3.63, 3.8) is 0 Å². The van der Waals surface area contributed by atoms with E-state index in [2.05, 4.69) is 10.6 Å². The lowest BCUT2D eigenvalue weighted by atomic mass is 9.98. The Hall–Kier alpha value is -3.39. The van der Waals surface area contributed by atoms with Crippen LogP contribution in [0.3, 0.4) is 0 Å². The van der Waals surface area contributed by atoms with Gasteiger partial charge in [0.25, 0.3) is 0 Å². The zero-order valence-electron chi connectivity index (χ0n) is 18.8. The Morgan fingerprint density at radius 3 is 2.06 bits per heavy atom. The average molecular weight is 455 g/mol. The zero-order valence-corrected chi connectivity index (χ0v) is 18.8. The van der Waals surface area contributed by atoms with E-state index in [1.54, 1.807) is 0 Å². The summed E-state index contributed by atoms with van der Waals surface area (Å²) in [6.07, 6.45) is -1.19. The Kier molecular flexibility index (Phi) is 8.06. The van der Waals surface area contributed by atoms with Crippen molar-refractivity contribution in [3.8, 4) is 11.1 Å². The van der Waals surface area contributed by atoms with Crippen LogP contribution in [0.5, 0.6) is 0 Å². The van der Waals surface area contributed by atoms with Crippen LogP contribution in [0.4, 0.5) is 4.79 Å². The third kappa shape index (κ3) is 5.90. The zero-order chi connectivity index (χ0) is 24.0. The number of aliphatic hydroxyl groups excluding tert-OH is 1. The van der Waals surface area contributed by atoms with Gasteiger partial charge < -0.3 is 25.6 Å². The summed E-state index contributed by atoms with van der Waals surface area (Å²) >= 11 is 0. The number of ether oxygens (including phenoxy) is 1. The highest BCUT2D eigenvalue weighted by Crippen LogP contribution is 2.44. The van der Waals surface area contributed by atoms with Crippen LogP contribution < -0.4 is 10.6 Å². The van der Waals surface area contributed by atoms with Gasteiger partial charge >= 0.3 is 12.1 Å². The van der Waals surface area contributed by atoms with Crippen molar-refractivity contribution in [2.24, 2.45) is 5.92 Å². The molecule has 0 fully saturated rings. The first-order chi connectivity index (χ1) is 15.8. The van der Waals surface area contributed by atoms with Crippen molar-refractivity contribution in [2.75, 3.05) is 13.2 Å². The molecule has 0 aromatic heterocycles. The molecule has 1 aliphatic carbocycles. The fourth-order valence-corrected chi connectivity index (χ4v) is 4.03. The van der Waals surface area contributed by atoms with Gasteiger partial charge in [0.2, 0.25) is 5.91 Å². The molecule has 2 amide bonds. The lowest BCUT2D eigenvalue weighted by Gasteiger charge is -2.24. The van der Waals surface area contributed by atoms with Gasteiger partial charge in [0.05, 0.1) is 12.6 Å². The third-order valence-corrected chi connectivity index (χ3v) is 5.93. The van der Waals surface area contributed by atoms with Crippen molar-refractivity contribution < 1.29 is 29.3 Å². The van der Waals surface area contributed by atoms with Crippen LogP contribution in [0.1, 0.15) is 43.7 Å². The summed E-state index contributed by atoms with van der Waals surface area (Å²) in [5, 5.41) is 23.6. The molecule has 0 heterocycles. The molecular formula is C25H30N2O6. The number of benzene rings is 2. The number of carbonyl (C=O) groups is 3. The van der Waals surface area contributed by atoms with Gasteiger partial charge in [-0.1, -0.05) is 62.4 Å². The monoisotopic (exact) mass is 454 g/mol.